The van der Waals surface area contributed by atoms with Crippen LogP contribution < -0.4 is 4.31 Å². The molecule has 5 rings (SSSR count). The van der Waals surface area contributed by atoms with Crippen LogP contribution in [-0.4, -0.2) is 44.5 Å². The zero-order valence-electron chi connectivity index (χ0n) is 17.9. The molecule has 0 radical (unpaired) electrons. The van der Waals surface area contributed by atoms with Crippen molar-refractivity contribution in [1.29, 1.82) is 0 Å². The number of benzene rings is 2. The molecule has 0 unspecified atom stereocenters. The Morgan fingerprint density at radius 1 is 0.688 bits per heavy atom. The Labute approximate surface area is 188 Å². The highest BCUT2D eigenvalue weighted by Gasteiger charge is 2.44. The summed E-state index contributed by atoms with van der Waals surface area (Å²) in [4.78, 5) is 28.8. The van der Waals surface area contributed by atoms with Crippen molar-refractivity contribution in [2.75, 3.05) is 23.9 Å². The maximum absolute atomic E-state index is 14.1. The standard InChI is InChI=1S/C25H26N2O4S/c28-23-19-12-4-5-13-20(19)24(29)25(22(23)26-15-7-1-2-8-16-26)32(30,31)27-17-9-11-18-10-3-6-14-21(18)27/h3-6,10,12-14H,1-2,7-9,11,15-17H2. The first-order valence-electron chi connectivity index (χ1n) is 11.3. The number of rotatable bonds is 3. The zero-order chi connectivity index (χ0) is 22.3. The molecule has 2 aliphatic heterocycles. The topological polar surface area (TPSA) is 74.8 Å². The highest BCUT2D eigenvalue weighted by atomic mass is 32.2. The number of ketones is 2. The summed E-state index contributed by atoms with van der Waals surface area (Å²) in [5, 5.41) is 0. The minimum Gasteiger partial charge on any atom is -0.367 e. The van der Waals surface area contributed by atoms with Crippen molar-refractivity contribution in [3.05, 3.63) is 75.8 Å². The first kappa shape index (κ1) is 20.9. The molecular weight excluding hydrogens is 424 g/mol. The quantitative estimate of drug-likeness (QED) is 0.708. The summed E-state index contributed by atoms with van der Waals surface area (Å²) in [5.74, 6) is -0.950. The first-order chi connectivity index (χ1) is 15.5. The van der Waals surface area contributed by atoms with Crippen molar-refractivity contribution >= 4 is 27.3 Å². The third-order valence-corrected chi connectivity index (χ3v) is 8.44. The van der Waals surface area contributed by atoms with E-state index >= 15 is 0 Å². The van der Waals surface area contributed by atoms with E-state index in [-0.39, 0.29) is 27.5 Å². The molecule has 6 nitrogen and oxygen atoms in total. The molecule has 0 N–H and O–H groups in total. The van der Waals surface area contributed by atoms with Gasteiger partial charge in [0.05, 0.1) is 5.69 Å². The maximum atomic E-state index is 14.1. The number of carbonyl (C=O) groups is 2. The molecule has 2 aromatic carbocycles. The third-order valence-electron chi connectivity index (χ3n) is 6.59. The Hall–Kier alpha value is -2.93. The number of likely N-dealkylation sites (tertiary alicyclic amines) is 1. The van der Waals surface area contributed by atoms with E-state index in [4.69, 9.17) is 0 Å². The molecule has 0 bridgehead atoms. The van der Waals surface area contributed by atoms with E-state index in [9.17, 15) is 18.0 Å². The summed E-state index contributed by atoms with van der Waals surface area (Å²) in [7, 11) is -4.23. The second-order valence-corrected chi connectivity index (χ2v) is 10.4. The molecule has 1 aliphatic carbocycles. The summed E-state index contributed by atoms with van der Waals surface area (Å²) in [6.45, 7) is 1.44. The summed E-state index contributed by atoms with van der Waals surface area (Å²) in [6, 6.07) is 13.9. The molecule has 0 saturated carbocycles. The fourth-order valence-corrected chi connectivity index (χ4v) is 6.86. The Bertz CT molecular complexity index is 1220. The molecule has 0 amide bonds. The van der Waals surface area contributed by atoms with E-state index in [2.05, 4.69) is 0 Å². The highest BCUT2D eigenvalue weighted by Crippen LogP contribution is 2.37. The fourth-order valence-electron chi connectivity index (χ4n) is 5.02. The minimum atomic E-state index is -4.23. The van der Waals surface area contributed by atoms with Crippen molar-refractivity contribution < 1.29 is 18.0 Å². The monoisotopic (exact) mass is 450 g/mol. The third kappa shape index (κ3) is 3.35. The molecule has 32 heavy (non-hydrogen) atoms. The number of carbonyl (C=O) groups excluding carboxylic acids is 2. The van der Waals surface area contributed by atoms with Crippen LogP contribution in [0.25, 0.3) is 0 Å². The average molecular weight is 451 g/mol. The molecular formula is C25H26N2O4S. The second-order valence-electron chi connectivity index (χ2n) is 8.59. The number of nitrogens with zero attached hydrogens (tertiary/aromatic N) is 2. The van der Waals surface area contributed by atoms with Crippen LogP contribution in [0.2, 0.25) is 0 Å². The van der Waals surface area contributed by atoms with Gasteiger partial charge in [-0.2, -0.15) is 0 Å². The van der Waals surface area contributed by atoms with Gasteiger partial charge in [0.15, 0.2) is 4.91 Å². The minimum absolute atomic E-state index is 0.0543. The SMILES string of the molecule is O=C1C(N2CCCCCC2)=C(S(=O)(=O)N2CCCc3ccccc32)C(=O)c2ccccc21. The van der Waals surface area contributed by atoms with Gasteiger partial charge in [-0.15, -0.1) is 0 Å². The molecule has 7 heteroatoms. The van der Waals surface area contributed by atoms with E-state index in [1.807, 2.05) is 17.0 Å². The van der Waals surface area contributed by atoms with Crippen LogP contribution in [0.15, 0.2) is 59.1 Å². The Morgan fingerprint density at radius 3 is 2.03 bits per heavy atom. The lowest BCUT2D eigenvalue weighted by atomic mass is 9.91. The predicted octanol–water partition coefficient (Wildman–Crippen LogP) is 3.94. The number of para-hydroxylation sites is 1. The number of anilines is 1. The summed E-state index contributed by atoms with van der Waals surface area (Å²) < 4.78 is 29.5. The van der Waals surface area contributed by atoms with E-state index in [1.54, 1.807) is 36.4 Å². The Balaban J connectivity index is 1.72. The van der Waals surface area contributed by atoms with Crippen molar-refractivity contribution in [1.82, 2.24) is 4.90 Å². The molecule has 0 atom stereocenters. The van der Waals surface area contributed by atoms with Crippen molar-refractivity contribution in [3.63, 3.8) is 0 Å². The van der Waals surface area contributed by atoms with Gasteiger partial charge in [-0.3, -0.25) is 13.9 Å². The van der Waals surface area contributed by atoms with Gasteiger partial charge in [-0.1, -0.05) is 55.3 Å². The van der Waals surface area contributed by atoms with E-state index in [0.29, 0.717) is 31.7 Å². The van der Waals surface area contributed by atoms with Crippen molar-refractivity contribution in [3.8, 4) is 0 Å². The summed E-state index contributed by atoms with van der Waals surface area (Å²) in [6.07, 6.45) is 5.25. The molecule has 0 aromatic heterocycles. The molecule has 1 fully saturated rings. The molecule has 0 spiro atoms. The number of allylic oxidation sites excluding steroid dienone is 2. The van der Waals surface area contributed by atoms with Crippen molar-refractivity contribution in [2.24, 2.45) is 0 Å². The first-order valence-corrected chi connectivity index (χ1v) is 12.7. The van der Waals surface area contributed by atoms with Gasteiger partial charge < -0.3 is 4.90 Å². The van der Waals surface area contributed by atoms with Gasteiger partial charge in [0, 0.05) is 30.8 Å². The molecule has 2 heterocycles. The molecule has 166 valence electrons. The van der Waals surface area contributed by atoms with Gasteiger partial charge in [0.2, 0.25) is 11.6 Å². The van der Waals surface area contributed by atoms with Gasteiger partial charge in [0.1, 0.15) is 5.70 Å². The van der Waals surface area contributed by atoms with Gasteiger partial charge >= 0.3 is 0 Å². The Kier molecular flexibility index (Phi) is 5.37. The van der Waals surface area contributed by atoms with Gasteiger partial charge in [-0.05, 0) is 37.3 Å². The number of sulfonamides is 1. The zero-order valence-corrected chi connectivity index (χ0v) is 18.7. The van der Waals surface area contributed by atoms with Crippen LogP contribution in [-0.2, 0) is 16.4 Å². The number of fused-ring (bicyclic) bond motifs is 2. The molecule has 1 saturated heterocycles. The predicted molar refractivity (Wildman–Crippen MR) is 123 cm³/mol. The van der Waals surface area contributed by atoms with Crippen LogP contribution >= 0.6 is 0 Å². The van der Waals surface area contributed by atoms with Gasteiger partial charge in [0.25, 0.3) is 10.0 Å². The smallest absolute Gasteiger partial charge is 0.270 e. The summed E-state index contributed by atoms with van der Waals surface area (Å²) in [5.41, 5.74) is 2.04. The summed E-state index contributed by atoms with van der Waals surface area (Å²) >= 11 is 0. The van der Waals surface area contributed by atoms with E-state index < -0.39 is 15.8 Å². The van der Waals surface area contributed by atoms with E-state index in [0.717, 1.165) is 37.7 Å². The van der Waals surface area contributed by atoms with Crippen LogP contribution in [0, 0.1) is 0 Å². The van der Waals surface area contributed by atoms with Crippen molar-refractivity contribution in [2.45, 2.75) is 38.5 Å². The van der Waals surface area contributed by atoms with Crippen LogP contribution in [0.5, 0.6) is 0 Å². The highest BCUT2D eigenvalue weighted by molar-refractivity contribution is 7.97. The number of hydrogen-bond acceptors (Lipinski definition) is 5. The molecule has 2 aromatic rings. The fraction of sp³-hybridized carbons (Fsp3) is 0.360. The van der Waals surface area contributed by atoms with E-state index in [1.165, 1.54) is 4.31 Å². The normalized spacial score (nSPS) is 19.5. The number of aryl methyl sites for hydroxylation is 1. The lowest BCUT2D eigenvalue weighted by Crippen LogP contribution is -2.43. The second kappa shape index (κ2) is 8.20. The maximum Gasteiger partial charge on any atom is 0.270 e. The lowest BCUT2D eigenvalue weighted by Gasteiger charge is -2.35. The largest absolute Gasteiger partial charge is 0.367 e. The lowest BCUT2D eigenvalue weighted by molar-refractivity contribution is 0.0947. The van der Waals surface area contributed by atoms with Crippen LogP contribution in [0.3, 0.4) is 0 Å². The van der Waals surface area contributed by atoms with Gasteiger partial charge in [-0.25, -0.2) is 8.42 Å². The average Bonchev–Trinajstić information content (AvgIpc) is 3.10. The number of Topliss-reactive ketones (excluding diaryl/α,β-unsaturated/α-hetero) is 2. The Morgan fingerprint density at radius 2 is 1.31 bits per heavy atom. The van der Waals surface area contributed by atoms with Crippen LogP contribution in [0.1, 0.15) is 58.4 Å². The number of hydrogen-bond donors (Lipinski definition) is 0. The molecule has 3 aliphatic rings. The van der Waals surface area contributed by atoms with Crippen LogP contribution in [0.4, 0.5) is 5.69 Å².